The van der Waals surface area contributed by atoms with Crippen molar-refractivity contribution in [1.29, 1.82) is 0 Å². The molecule has 0 bridgehead atoms. The third kappa shape index (κ3) is 4.06. The molecule has 0 spiro atoms. The molecule has 18 heavy (non-hydrogen) atoms. The van der Waals surface area contributed by atoms with Gasteiger partial charge in [-0.15, -0.1) is 11.6 Å². The fraction of sp³-hybridized carbons (Fsp3) is 0.400. The minimum absolute atomic E-state index is 0.0304. The molecule has 102 valence electrons. The summed E-state index contributed by atoms with van der Waals surface area (Å²) in [5.41, 5.74) is -0.964. The highest BCUT2D eigenvalue weighted by Gasteiger charge is 2.32. The summed E-state index contributed by atoms with van der Waals surface area (Å²) in [7, 11) is -3.71. The van der Waals surface area contributed by atoms with E-state index in [1.165, 1.54) is 19.1 Å². The fourth-order valence-corrected chi connectivity index (χ4v) is 2.72. The highest BCUT2D eigenvalue weighted by atomic mass is 35.5. The van der Waals surface area contributed by atoms with E-state index in [4.69, 9.17) is 11.6 Å². The number of hydrogen-bond acceptors (Lipinski definition) is 2. The third-order valence-electron chi connectivity index (χ3n) is 2.16. The summed E-state index contributed by atoms with van der Waals surface area (Å²) in [6.07, 6.45) is -4.52. The average molecular weight is 302 g/mol. The second-order valence-corrected chi connectivity index (χ2v) is 5.86. The summed E-state index contributed by atoms with van der Waals surface area (Å²) in [4.78, 5) is 0. The molecular formula is C10H11ClF3NO2S. The third-order valence-corrected chi connectivity index (χ3v) is 3.86. The molecule has 0 aliphatic carbocycles. The lowest BCUT2D eigenvalue weighted by molar-refractivity contribution is -0.138. The van der Waals surface area contributed by atoms with Crippen LogP contribution in [0.4, 0.5) is 18.9 Å². The Labute approximate surface area is 108 Å². The lowest BCUT2D eigenvalue weighted by Crippen LogP contribution is -2.18. The molecule has 1 aromatic carbocycles. The fourth-order valence-electron chi connectivity index (χ4n) is 1.32. The summed E-state index contributed by atoms with van der Waals surface area (Å²) in [6.45, 7) is 1.31. The molecule has 0 saturated heterocycles. The number of hydrogen-bond donors (Lipinski definition) is 1. The molecule has 0 heterocycles. The van der Waals surface area contributed by atoms with E-state index in [0.29, 0.717) is 0 Å². The molecule has 0 aliphatic heterocycles. The second-order valence-electron chi connectivity index (χ2n) is 3.64. The minimum Gasteiger partial charge on any atom is -0.284 e. The minimum atomic E-state index is -4.52. The highest BCUT2D eigenvalue weighted by Crippen LogP contribution is 2.33. The van der Waals surface area contributed by atoms with Crippen molar-refractivity contribution in [2.45, 2.75) is 13.1 Å². The monoisotopic (exact) mass is 301 g/mol. The summed E-state index contributed by atoms with van der Waals surface area (Å²) >= 11 is 5.28. The van der Waals surface area contributed by atoms with Gasteiger partial charge < -0.3 is 0 Å². The van der Waals surface area contributed by atoms with Crippen molar-refractivity contribution < 1.29 is 21.6 Å². The van der Waals surface area contributed by atoms with Gasteiger partial charge in [-0.2, -0.15) is 13.2 Å². The van der Waals surface area contributed by atoms with E-state index < -0.39 is 21.8 Å². The Morgan fingerprint density at radius 1 is 1.33 bits per heavy atom. The first-order valence-corrected chi connectivity index (χ1v) is 7.09. The Morgan fingerprint density at radius 2 is 1.94 bits per heavy atom. The van der Waals surface area contributed by atoms with Crippen LogP contribution in [-0.2, 0) is 16.2 Å². The smallest absolute Gasteiger partial charge is 0.284 e. The number of benzene rings is 1. The summed E-state index contributed by atoms with van der Waals surface area (Å²) in [5, 5.41) is 0. The van der Waals surface area contributed by atoms with Crippen molar-refractivity contribution in [2.24, 2.45) is 0 Å². The van der Waals surface area contributed by atoms with Crippen LogP contribution in [0.1, 0.15) is 11.1 Å². The SMILES string of the molecule is Cc1ccc(NS(=O)(=O)CCCl)cc1C(F)(F)F. The number of sulfonamides is 1. The van der Waals surface area contributed by atoms with Crippen molar-refractivity contribution in [2.75, 3.05) is 16.4 Å². The molecule has 0 radical (unpaired) electrons. The van der Waals surface area contributed by atoms with Gasteiger partial charge in [0.1, 0.15) is 0 Å². The lowest BCUT2D eigenvalue weighted by atomic mass is 10.1. The van der Waals surface area contributed by atoms with E-state index in [0.717, 1.165) is 6.07 Å². The maximum absolute atomic E-state index is 12.6. The first-order chi connectivity index (χ1) is 8.15. The van der Waals surface area contributed by atoms with Gasteiger partial charge in [0, 0.05) is 11.6 Å². The quantitative estimate of drug-likeness (QED) is 0.869. The zero-order chi connectivity index (χ0) is 14.0. The van der Waals surface area contributed by atoms with Crippen LogP contribution in [0.2, 0.25) is 0 Å². The van der Waals surface area contributed by atoms with Gasteiger partial charge in [0.15, 0.2) is 0 Å². The molecule has 1 rings (SSSR count). The summed E-state index contributed by atoms with van der Waals surface area (Å²) in [5.74, 6) is -0.489. The number of anilines is 1. The molecule has 0 saturated carbocycles. The summed E-state index contributed by atoms with van der Waals surface area (Å²) < 4.78 is 62.6. The number of rotatable bonds is 4. The van der Waals surface area contributed by atoms with Crippen LogP contribution in [0.15, 0.2) is 18.2 Å². The first-order valence-electron chi connectivity index (χ1n) is 4.90. The van der Waals surface area contributed by atoms with Gasteiger partial charge in [-0.25, -0.2) is 8.42 Å². The van der Waals surface area contributed by atoms with E-state index in [9.17, 15) is 21.6 Å². The van der Waals surface area contributed by atoms with Crippen molar-refractivity contribution in [3.05, 3.63) is 29.3 Å². The van der Waals surface area contributed by atoms with Crippen LogP contribution in [0.3, 0.4) is 0 Å². The van der Waals surface area contributed by atoms with Gasteiger partial charge >= 0.3 is 6.18 Å². The van der Waals surface area contributed by atoms with Gasteiger partial charge in [-0.1, -0.05) is 6.07 Å². The van der Waals surface area contributed by atoms with Crippen molar-refractivity contribution in [1.82, 2.24) is 0 Å². The number of halogens is 4. The van der Waals surface area contributed by atoms with E-state index in [1.54, 1.807) is 0 Å². The molecule has 8 heteroatoms. The Bertz CT molecular complexity index is 528. The van der Waals surface area contributed by atoms with Gasteiger partial charge in [-0.3, -0.25) is 4.72 Å². The molecular weight excluding hydrogens is 291 g/mol. The van der Waals surface area contributed by atoms with Crippen molar-refractivity contribution in [3.63, 3.8) is 0 Å². The van der Waals surface area contributed by atoms with Crippen LogP contribution < -0.4 is 4.72 Å². The Hall–Kier alpha value is -0.950. The van der Waals surface area contributed by atoms with Crippen molar-refractivity contribution in [3.8, 4) is 0 Å². The topological polar surface area (TPSA) is 46.2 Å². The van der Waals surface area contributed by atoms with Gasteiger partial charge in [0.05, 0.1) is 11.3 Å². The molecule has 0 amide bonds. The van der Waals surface area contributed by atoms with Crippen LogP contribution in [0.5, 0.6) is 0 Å². The summed E-state index contributed by atoms with van der Waals surface area (Å²) in [6, 6.07) is 3.25. The number of aryl methyl sites for hydroxylation is 1. The van der Waals surface area contributed by atoms with E-state index in [-0.39, 0.29) is 22.9 Å². The molecule has 0 unspecified atom stereocenters. The maximum Gasteiger partial charge on any atom is 0.416 e. The molecule has 0 aromatic heterocycles. The van der Waals surface area contributed by atoms with Crippen LogP contribution in [-0.4, -0.2) is 20.1 Å². The molecule has 0 fully saturated rings. The first kappa shape index (κ1) is 15.1. The molecule has 0 atom stereocenters. The number of nitrogens with one attached hydrogen (secondary N) is 1. The van der Waals surface area contributed by atoms with E-state index in [2.05, 4.69) is 0 Å². The maximum atomic E-state index is 12.6. The van der Waals surface area contributed by atoms with Gasteiger partial charge in [0.25, 0.3) is 0 Å². The predicted molar refractivity (Wildman–Crippen MR) is 64.3 cm³/mol. The molecule has 1 aromatic rings. The normalized spacial score (nSPS) is 12.5. The van der Waals surface area contributed by atoms with Gasteiger partial charge in [-0.05, 0) is 24.6 Å². The molecule has 1 N–H and O–H groups in total. The van der Waals surface area contributed by atoms with Gasteiger partial charge in [0.2, 0.25) is 10.0 Å². The van der Waals surface area contributed by atoms with Crippen LogP contribution in [0, 0.1) is 6.92 Å². The molecule has 0 aliphatic rings. The molecule has 3 nitrogen and oxygen atoms in total. The standard InChI is InChI=1S/C10H11ClF3NO2S/c1-7-2-3-8(6-9(7)10(12,13)14)15-18(16,17)5-4-11/h2-3,6,15H,4-5H2,1H3. The number of alkyl halides is 4. The van der Waals surface area contributed by atoms with Crippen LogP contribution in [0.25, 0.3) is 0 Å². The van der Waals surface area contributed by atoms with Crippen LogP contribution >= 0.6 is 11.6 Å². The Morgan fingerprint density at radius 3 is 2.44 bits per heavy atom. The van der Waals surface area contributed by atoms with E-state index >= 15 is 0 Å². The Balaban J connectivity index is 3.07. The second kappa shape index (κ2) is 5.36. The zero-order valence-electron chi connectivity index (χ0n) is 9.38. The Kier molecular flexibility index (Phi) is 4.50. The average Bonchev–Trinajstić information content (AvgIpc) is 2.18. The van der Waals surface area contributed by atoms with E-state index in [1.807, 2.05) is 4.72 Å². The lowest BCUT2D eigenvalue weighted by Gasteiger charge is -2.13. The van der Waals surface area contributed by atoms with Crippen molar-refractivity contribution >= 4 is 27.3 Å². The largest absolute Gasteiger partial charge is 0.416 e. The predicted octanol–water partition coefficient (Wildman–Crippen LogP) is 2.99. The zero-order valence-corrected chi connectivity index (χ0v) is 11.0. The highest BCUT2D eigenvalue weighted by molar-refractivity contribution is 7.92.